The number of hydrogen-bond acceptors (Lipinski definition) is 2. The highest BCUT2D eigenvalue weighted by Crippen LogP contribution is 2.23. The van der Waals surface area contributed by atoms with Crippen molar-refractivity contribution in [2.24, 2.45) is 0 Å². The summed E-state index contributed by atoms with van der Waals surface area (Å²) in [5.41, 5.74) is 3.27. The lowest BCUT2D eigenvalue weighted by Crippen LogP contribution is -2.19. The van der Waals surface area contributed by atoms with Gasteiger partial charge in [0.15, 0.2) is 0 Å². The molecule has 3 nitrogen and oxygen atoms in total. The Morgan fingerprint density at radius 1 is 1.42 bits per heavy atom. The van der Waals surface area contributed by atoms with Crippen molar-refractivity contribution in [2.45, 2.75) is 19.8 Å². The van der Waals surface area contributed by atoms with Gasteiger partial charge >= 0.3 is 0 Å². The Morgan fingerprint density at radius 3 is 3.08 bits per heavy atom. The molecular weight excluding hydrogens is 152 g/mol. The molecular formula is C9H10N2O. The number of pyridine rings is 1. The number of aryl methyl sites for hydroxylation is 1. The van der Waals surface area contributed by atoms with Gasteiger partial charge in [-0.1, -0.05) is 0 Å². The van der Waals surface area contributed by atoms with Gasteiger partial charge in [0.25, 0.3) is 0 Å². The quantitative estimate of drug-likeness (QED) is 0.624. The predicted octanol–water partition coefficient (Wildman–Crippen LogP) is 1.27. The van der Waals surface area contributed by atoms with Crippen LogP contribution in [0.4, 0.5) is 5.69 Å². The van der Waals surface area contributed by atoms with E-state index in [4.69, 9.17) is 0 Å². The molecule has 2 rings (SSSR count). The van der Waals surface area contributed by atoms with Crippen molar-refractivity contribution in [3.8, 4) is 0 Å². The maximum absolute atomic E-state index is 11.0. The van der Waals surface area contributed by atoms with E-state index >= 15 is 0 Å². The van der Waals surface area contributed by atoms with Gasteiger partial charge in [0.1, 0.15) is 0 Å². The maximum atomic E-state index is 11.0. The minimum atomic E-state index is 0.0925. The SMILES string of the molecule is Cc1cncc2c1CCC(=O)N2. The van der Waals surface area contributed by atoms with Crippen LogP contribution >= 0.6 is 0 Å². The van der Waals surface area contributed by atoms with Gasteiger partial charge in [0.2, 0.25) is 5.91 Å². The number of fused-ring (bicyclic) bond motifs is 1. The van der Waals surface area contributed by atoms with Gasteiger partial charge in [0.05, 0.1) is 11.9 Å². The van der Waals surface area contributed by atoms with Crippen LogP contribution in [0.2, 0.25) is 0 Å². The Hall–Kier alpha value is -1.38. The molecule has 3 heteroatoms. The first-order valence-electron chi connectivity index (χ1n) is 4.00. The van der Waals surface area contributed by atoms with E-state index < -0.39 is 0 Å². The molecule has 62 valence electrons. The highest BCUT2D eigenvalue weighted by Gasteiger charge is 2.15. The fraction of sp³-hybridized carbons (Fsp3) is 0.333. The Balaban J connectivity index is 2.48. The van der Waals surface area contributed by atoms with Gasteiger partial charge in [0, 0.05) is 12.6 Å². The molecule has 0 aromatic carbocycles. The van der Waals surface area contributed by atoms with E-state index in [1.54, 1.807) is 6.20 Å². The Bertz CT molecular complexity index is 333. The van der Waals surface area contributed by atoms with E-state index in [0.29, 0.717) is 6.42 Å². The third kappa shape index (κ3) is 1.07. The molecule has 0 saturated carbocycles. The second-order valence-electron chi connectivity index (χ2n) is 3.03. The van der Waals surface area contributed by atoms with Crippen LogP contribution in [0, 0.1) is 6.92 Å². The average molecular weight is 162 g/mol. The molecule has 1 aromatic rings. The molecule has 1 aliphatic rings. The number of nitrogens with zero attached hydrogens (tertiary/aromatic N) is 1. The van der Waals surface area contributed by atoms with Crippen LogP contribution in [-0.2, 0) is 11.2 Å². The number of carbonyl (C=O) groups is 1. The van der Waals surface area contributed by atoms with Crippen molar-refractivity contribution < 1.29 is 4.79 Å². The Kier molecular flexibility index (Phi) is 1.57. The third-order valence-corrected chi connectivity index (χ3v) is 2.15. The molecule has 0 fully saturated rings. The van der Waals surface area contributed by atoms with Gasteiger partial charge in [-0.15, -0.1) is 0 Å². The molecule has 1 aliphatic heterocycles. The van der Waals surface area contributed by atoms with Crippen LogP contribution in [0.15, 0.2) is 12.4 Å². The van der Waals surface area contributed by atoms with E-state index in [9.17, 15) is 4.79 Å². The van der Waals surface area contributed by atoms with Gasteiger partial charge in [-0.3, -0.25) is 9.78 Å². The summed E-state index contributed by atoms with van der Waals surface area (Å²) in [6.07, 6.45) is 4.98. The van der Waals surface area contributed by atoms with Crippen LogP contribution in [0.3, 0.4) is 0 Å². The standard InChI is InChI=1S/C9H10N2O/c1-6-4-10-5-8-7(6)2-3-9(12)11-8/h4-5H,2-3H2,1H3,(H,11,12). The van der Waals surface area contributed by atoms with Crippen molar-refractivity contribution in [1.29, 1.82) is 0 Å². The van der Waals surface area contributed by atoms with Crippen LogP contribution in [0.1, 0.15) is 17.5 Å². The Labute approximate surface area is 70.8 Å². The van der Waals surface area contributed by atoms with Crippen molar-refractivity contribution in [2.75, 3.05) is 5.32 Å². The van der Waals surface area contributed by atoms with Gasteiger partial charge in [-0.2, -0.15) is 0 Å². The monoisotopic (exact) mass is 162 g/mol. The summed E-state index contributed by atoms with van der Waals surface area (Å²) < 4.78 is 0. The van der Waals surface area contributed by atoms with E-state index in [1.807, 2.05) is 13.1 Å². The molecule has 0 atom stereocenters. The zero-order valence-electron chi connectivity index (χ0n) is 6.92. The maximum Gasteiger partial charge on any atom is 0.224 e. The summed E-state index contributed by atoms with van der Waals surface area (Å²) in [6.45, 7) is 2.02. The first-order valence-corrected chi connectivity index (χ1v) is 4.00. The minimum absolute atomic E-state index is 0.0925. The number of amides is 1. The lowest BCUT2D eigenvalue weighted by atomic mass is 10.0. The molecule has 0 bridgehead atoms. The number of anilines is 1. The van der Waals surface area contributed by atoms with E-state index in [2.05, 4.69) is 10.3 Å². The van der Waals surface area contributed by atoms with Gasteiger partial charge in [-0.25, -0.2) is 0 Å². The van der Waals surface area contributed by atoms with Crippen molar-refractivity contribution in [1.82, 2.24) is 4.98 Å². The third-order valence-electron chi connectivity index (χ3n) is 2.15. The van der Waals surface area contributed by atoms with E-state index in [0.717, 1.165) is 17.7 Å². The molecule has 0 spiro atoms. The van der Waals surface area contributed by atoms with Crippen LogP contribution in [-0.4, -0.2) is 10.9 Å². The average Bonchev–Trinajstić information content (AvgIpc) is 2.04. The van der Waals surface area contributed by atoms with E-state index in [-0.39, 0.29) is 5.91 Å². The fourth-order valence-electron chi connectivity index (χ4n) is 1.48. The zero-order valence-corrected chi connectivity index (χ0v) is 6.92. The number of rotatable bonds is 0. The van der Waals surface area contributed by atoms with Crippen LogP contribution < -0.4 is 5.32 Å². The van der Waals surface area contributed by atoms with Gasteiger partial charge in [-0.05, 0) is 24.5 Å². The van der Waals surface area contributed by atoms with Gasteiger partial charge < -0.3 is 5.32 Å². The summed E-state index contributed by atoms with van der Waals surface area (Å²) in [7, 11) is 0. The Morgan fingerprint density at radius 2 is 2.25 bits per heavy atom. The molecule has 0 saturated heterocycles. The number of hydrogen-bond donors (Lipinski definition) is 1. The minimum Gasteiger partial charge on any atom is -0.324 e. The topological polar surface area (TPSA) is 42.0 Å². The summed E-state index contributed by atoms with van der Waals surface area (Å²) in [5, 5.41) is 2.80. The molecule has 1 N–H and O–H groups in total. The van der Waals surface area contributed by atoms with Crippen LogP contribution in [0.25, 0.3) is 0 Å². The second kappa shape index (κ2) is 2.59. The lowest BCUT2D eigenvalue weighted by Gasteiger charge is -2.17. The van der Waals surface area contributed by atoms with Crippen molar-refractivity contribution >= 4 is 11.6 Å². The molecule has 0 unspecified atom stereocenters. The highest BCUT2D eigenvalue weighted by atomic mass is 16.1. The first-order chi connectivity index (χ1) is 5.77. The largest absolute Gasteiger partial charge is 0.324 e. The smallest absolute Gasteiger partial charge is 0.224 e. The van der Waals surface area contributed by atoms with Crippen molar-refractivity contribution in [3.05, 3.63) is 23.5 Å². The summed E-state index contributed by atoms with van der Waals surface area (Å²) in [4.78, 5) is 15.0. The van der Waals surface area contributed by atoms with Crippen molar-refractivity contribution in [3.63, 3.8) is 0 Å². The highest BCUT2D eigenvalue weighted by molar-refractivity contribution is 5.93. The summed E-state index contributed by atoms with van der Waals surface area (Å²) in [6, 6.07) is 0. The molecule has 0 radical (unpaired) electrons. The normalized spacial score (nSPS) is 15.2. The number of aromatic nitrogens is 1. The lowest BCUT2D eigenvalue weighted by molar-refractivity contribution is -0.116. The van der Waals surface area contributed by atoms with E-state index in [1.165, 1.54) is 5.56 Å². The number of carbonyl (C=O) groups excluding carboxylic acids is 1. The molecule has 12 heavy (non-hydrogen) atoms. The number of nitrogens with one attached hydrogen (secondary N) is 1. The fourth-order valence-corrected chi connectivity index (χ4v) is 1.48. The molecule has 1 amide bonds. The molecule has 2 heterocycles. The molecule has 0 aliphatic carbocycles. The summed E-state index contributed by atoms with van der Waals surface area (Å²) in [5.74, 6) is 0.0925. The molecule has 1 aromatic heterocycles. The zero-order chi connectivity index (χ0) is 8.55. The summed E-state index contributed by atoms with van der Waals surface area (Å²) >= 11 is 0. The second-order valence-corrected chi connectivity index (χ2v) is 3.03. The first kappa shape index (κ1) is 7.28. The van der Waals surface area contributed by atoms with Crippen LogP contribution in [0.5, 0.6) is 0 Å². The predicted molar refractivity (Wildman–Crippen MR) is 45.9 cm³/mol.